The average Bonchev–Trinajstić information content (AvgIpc) is 3.04. The van der Waals surface area contributed by atoms with Gasteiger partial charge in [-0.15, -0.1) is 22.9 Å². The molecule has 23 heavy (non-hydrogen) atoms. The van der Waals surface area contributed by atoms with Crippen molar-refractivity contribution in [3.8, 4) is 5.75 Å². The number of alkyl halides is 1. The van der Waals surface area contributed by atoms with E-state index in [4.69, 9.17) is 16.3 Å². The predicted octanol–water partition coefficient (Wildman–Crippen LogP) is 4.94. The number of halogens is 1. The van der Waals surface area contributed by atoms with E-state index < -0.39 is 0 Å². The van der Waals surface area contributed by atoms with E-state index in [1.54, 1.807) is 11.3 Å². The van der Waals surface area contributed by atoms with Crippen LogP contribution in [0.4, 0.5) is 0 Å². The van der Waals surface area contributed by atoms with Gasteiger partial charge in [0.1, 0.15) is 5.75 Å². The predicted molar refractivity (Wildman–Crippen MR) is 94.2 cm³/mol. The number of carbonyl (C=O) groups is 1. The van der Waals surface area contributed by atoms with E-state index in [1.807, 2.05) is 41.8 Å². The molecule has 116 valence electrons. The van der Waals surface area contributed by atoms with Crippen LogP contribution < -0.4 is 4.74 Å². The van der Waals surface area contributed by atoms with Crippen LogP contribution in [0.1, 0.15) is 28.3 Å². The summed E-state index contributed by atoms with van der Waals surface area (Å²) in [5.41, 5.74) is 3.29. The van der Waals surface area contributed by atoms with Crippen molar-refractivity contribution < 1.29 is 9.53 Å². The van der Waals surface area contributed by atoms with Gasteiger partial charge in [0.2, 0.25) is 0 Å². The number of allylic oxidation sites excluding steroid dienone is 4. The normalized spacial score (nSPS) is 23.2. The molecular formula is C19H15ClO2S. The second kappa shape index (κ2) is 5.99. The van der Waals surface area contributed by atoms with Gasteiger partial charge < -0.3 is 4.74 Å². The smallest absolute Gasteiger partial charge is 0.319 e. The van der Waals surface area contributed by atoms with Crippen molar-refractivity contribution in [2.45, 2.75) is 24.1 Å². The largest absolute Gasteiger partial charge is 0.426 e. The van der Waals surface area contributed by atoms with E-state index >= 15 is 0 Å². The molecule has 2 nitrogen and oxygen atoms in total. The number of hydrogen-bond donors (Lipinski definition) is 0. The Morgan fingerprint density at radius 3 is 2.91 bits per heavy atom. The summed E-state index contributed by atoms with van der Waals surface area (Å²) in [6.45, 7) is 0. The molecule has 2 unspecified atom stereocenters. The molecule has 4 rings (SSSR count). The highest BCUT2D eigenvalue weighted by Crippen LogP contribution is 2.39. The Morgan fingerprint density at radius 1 is 1.22 bits per heavy atom. The summed E-state index contributed by atoms with van der Waals surface area (Å²) in [5, 5.41) is 2.11. The van der Waals surface area contributed by atoms with Gasteiger partial charge in [-0.1, -0.05) is 36.4 Å². The number of esters is 1. The van der Waals surface area contributed by atoms with Gasteiger partial charge in [-0.2, -0.15) is 0 Å². The van der Waals surface area contributed by atoms with Crippen LogP contribution in [0, 0.1) is 0 Å². The lowest BCUT2D eigenvalue weighted by Gasteiger charge is -2.24. The molecule has 0 radical (unpaired) electrons. The van der Waals surface area contributed by atoms with Crippen LogP contribution in [0.2, 0.25) is 0 Å². The lowest BCUT2D eigenvalue weighted by Crippen LogP contribution is -2.26. The minimum absolute atomic E-state index is 0.0636. The molecule has 1 aromatic heterocycles. The van der Waals surface area contributed by atoms with Crippen molar-refractivity contribution in [2.24, 2.45) is 0 Å². The Morgan fingerprint density at radius 2 is 2.09 bits per heavy atom. The minimum atomic E-state index is -0.242. The fourth-order valence-corrected chi connectivity index (χ4v) is 4.23. The molecule has 1 aromatic carbocycles. The Balaban J connectivity index is 1.69. The molecule has 4 heteroatoms. The number of ether oxygens (including phenoxy) is 1. The molecule has 0 amide bonds. The molecule has 1 aliphatic heterocycles. The van der Waals surface area contributed by atoms with Crippen molar-refractivity contribution in [2.75, 3.05) is 0 Å². The van der Waals surface area contributed by atoms with Crippen LogP contribution in [0.25, 0.3) is 5.57 Å². The van der Waals surface area contributed by atoms with Crippen LogP contribution in [0.15, 0.2) is 53.9 Å². The molecule has 2 atom stereocenters. The van der Waals surface area contributed by atoms with Crippen molar-refractivity contribution >= 4 is 34.5 Å². The third-order valence-electron chi connectivity index (χ3n) is 4.27. The third kappa shape index (κ3) is 2.75. The first kappa shape index (κ1) is 14.7. The molecule has 0 spiro atoms. The number of rotatable bonds is 2. The first-order valence-corrected chi connectivity index (χ1v) is 8.94. The highest BCUT2D eigenvalue weighted by Gasteiger charge is 2.32. The lowest BCUT2D eigenvalue weighted by atomic mass is 9.88. The number of para-hydroxylation sites is 1. The van der Waals surface area contributed by atoms with Gasteiger partial charge in [0.15, 0.2) is 0 Å². The van der Waals surface area contributed by atoms with Gasteiger partial charge in [0.25, 0.3) is 0 Å². The zero-order chi connectivity index (χ0) is 15.8. The number of fused-ring (bicyclic) bond motifs is 1. The summed E-state index contributed by atoms with van der Waals surface area (Å²) in [6.07, 6.45) is 7.72. The fourth-order valence-electron chi connectivity index (χ4n) is 3.08. The van der Waals surface area contributed by atoms with E-state index in [-0.39, 0.29) is 17.3 Å². The van der Waals surface area contributed by atoms with Crippen LogP contribution >= 0.6 is 22.9 Å². The lowest BCUT2D eigenvalue weighted by molar-refractivity contribution is -0.137. The van der Waals surface area contributed by atoms with Crippen LogP contribution in [0.5, 0.6) is 5.75 Å². The summed E-state index contributed by atoms with van der Waals surface area (Å²) in [6, 6.07) is 9.80. The van der Waals surface area contributed by atoms with Crippen molar-refractivity contribution in [1.29, 1.82) is 0 Å². The first-order valence-electron chi connectivity index (χ1n) is 7.62. The summed E-state index contributed by atoms with van der Waals surface area (Å²) in [7, 11) is 0. The zero-order valence-electron chi connectivity index (χ0n) is 12.4. The molecule has 0 saturated carbocycles. The fraction of sp³-hybridized carbons (Fsp3) is 0.211. The summed E-state index contributed by atoms with van der Waals surface area (Å²) in [4.78, 5) is 13.6. The van der Waals surface area contributed by atoms with Gasteiger partial charge in [0.05, 0.1) is 11.3 Å². The highest BCUT2D eigenvalue weighted by atomic mass is 35.5. The summed E-state index contributed by atoms with van der Waals surface area (Å²) < 4.78 is 5.53. The van der Waals surface area contributed by atoms with Crippen molar-refractivity contribution in [3.63, 3.8) is 0 Å². The van der Waals surface area contributed by atoms with Crippen LogP contribution in [-0.2, 0) is 11.2 Å². The highest BCUT2D eigenvalue weighted by molar-refractivity contribution is 7.11. The first-order chi connectivity index (χ1) is 11.2. The van der Waals surface area contributed by atoms with Crippen molar-refractivity contribution in [1.82, 2.24) is 0 Å². The van der Waals surface area contributed by atoms with E-state index in [0.29, 0.717) is 12.2 Å². The maximum absolute atomic E-state index is 12.5. The molecular weight excluding hydrogens is 328 g/mol. The third-order valence-corrected chi connectivity index (χ3v) is 5.58. The van der Waals surface area contributed by atoms with Gasteiger partial charge in [-0.3, -0.25) is 4.79 Å². The number of hydrogen-bond acceptors (Lipinski definition) is 3. The van der Waals surface area contributed by atoms with E-state index in [9.17, 15) is 4.79 Å². The Bertz CT molecular complexity index is 818. The Hall–Kier alpha value is -1.84. The molecule has 2 heterocycles. The van der Waals surface area contributed by atoms with E-state index in [1.165, 1.54) is 0 Å². The summed E-state index contributed by atoms with van der Waals surface area (Å²) >= 11 is 7.77. The van der Waals surface area contributed by atoms with E-state index in [0.717, 1.165) is 28.0 Å². The van der Waals surface area contributed by atoms with E-state index in [2.05, 4.69) is 12.2 Å². The van der Waals surface area contributed by atoms with Gasteiger partial charge in [-0.25, -0.2) is 0 Å². The molecule has 2 aliphatic rings. The SMILES string of the molecule is O=C1Oc2ccccc2CC1c1ccsc1C1=CCC(Cl)C=C1. The van der Waals surface area contributed by atoms with Gasteiger partial charge >= 0.3 is 5.97 Å². The minimum Gasteiger partial charge on any atom is -0.426 e. The molecule has 0 saturated heterocycles. The number of carbonyl (C=O) groups excluding carboxylic acids is 1. The van der Waals surface area contributed by atoms with Crippen LogP contribution in [0.3, 0.4) is 0 Å². The monoisotopic (exact) mass is 342 g/mol. The van der Waals surface area contributed by atoms with Gasteiger partial charge in [-0.05, 0) is 47.1 Å². The Labute approximate surface area is 144 Å². The maximum Gasteiger partial charge on any atom is 0.319 e. The standard InChI is InChI=1S/C19H15ClO2S/c20-14-7-5-12(6-8-14)18-15(9-10-23-18)16-11-13-3-1-2-4-17(13)22-19(16)21/h1-7,9-10,14,16H,8,11H2. The zero-order valence-corrected chi connectivity index (χ0v) is 13.9. The second-order valence-electron chi connectivity index (χ2n) is 5.76. The second-order valence-corrected chi connectivity index (χ2v) is 7.24. The van der Waals surface area contributed by atoms with Gasteiger partial charge in [0, 0.05) is 4.88 Å². The molecule has 2 aromatic rings. The maximum atomic E-state index is 12.5. The molecule has 0 N–H and O–H groups in total. The molecule has 0 fully saturated rings. The topological polar surface area (TPSA) is 26.3 Å². The Kier molecular flexibility index (Phi) is 3.83. The quantitative estimate of drug-likeness (QED) is 0.439. The number of benzene rings is 1. The van der Waals surface area contributed by atoms with Crippen LogP contribution in [-0.4, -0.2) is 11.3 Å². The average molecular weight is 343 g/mol. The number of thiophene rings is 1. The summed E-state index contributed by atoms with van der Waals surface area (Å²) in [5.74, 6) is 0.278. The molecule has 0 bridgehead atoms. The molecule has 1 aliphatic carbocycles. The van der Waals surface area contributed by atoms with Crippen molar-refractivity contribution in [3.05, 3.63) is 69.9 Å².